The van der Waals surface area contributed by atoms with Crippen molar-refractivity contribution in [3.63, 3.8) is 0 Å². The number of carbonyl (C=O) groups is 2. The second-order valence-electron chi connectivity index (χ2n) is 5.06. The van der Waals surface area contributed by atoms with E-state index in [-0.39, 0.29) is 24.1 Å². The predicted octanol–water partition coefficient (Wildman–Crippen LogP) is 0.633. The summed E-state index contributed by atoms with van der Waals surface area (Å²) >= 11 is 0. The van der Waals surface area contributed by atoms with Gasteiger partial charge in [0.15, 0.2) is 5.71 Å². The third kappa shape index (κ3) is 3.47. The summed E-state index contributed by atoms with van der Waals surface area (Å²) in [5.74, 6) is -1.34. The third-order valence-corrected chi connectivity index (χ3v) is 3.44. The van der Waals surface area contributed by atoms with Crippen molar-refractivity contribution in [1.29, 1.82) is 0 Å². The number of nitrogens with zero attached hydrogens (tertiary/aromatic N) is 2. The molecule has 0 aromatic carbocycles. The van der Waals surface area contributed by atoms with Gasteiger partial charge in [-0.2, -0.15) is 0 Å². The Kier molecular flexibility index (Phi) is 4.94. The first-order valence-corrected chi connectivity index (χ1v) is 6.98. The molecule has 0 saturated carbocycles. The first-order valence-electron chi connectivity index (χ1n) is 6.98. The van der Waals surface area contributed by atoms with Crippen molar-refractivity contribution in [3.05, 3.63) is 0 Å². The molecule has 20 heavy (non-hydrogen) atoms. The number of carbonyl (C=O) groups excluding carboxylic acids is 1. The van der Waals surface area contributed by atoms with Crippen molar-refractivity contribution in [2.24, 2.45) is 5.16 Å². The summed E-state index contributed by atoms with van der Waals surface area (Å²) in [6, 6.07) is 0. The molecule has 0 radical (unpaired) electrons. The van der Waals surface area contributed by atoms with Gasteiger partial charge in [0.1, 0.15) is 0 Å². The first-order chi connectivity index (χ1) is 9.61. The van der Waals surface area contributed by atoms with Crippen molar-refractivity contribution in [2.75, 3.05) is 19.7 Å². The highest BCUT2D eigenvalue weighted by molar-refractivity contribution is 6.36. The molecule has 0 bridgehead atoms. The molecule has 2 aliphatic rings. The largest absolute Gasteiger partial charge is 0.477 e. The van der Waals surface area contributed by atoms with Gasteiger partial charge in [-0.15, -0.1) is 0 Å². The van der Waals surface area contributed by atoms with E-state index in [9.17, 15) is 9.59 Å². The van der Waals surface area contributed by atoms with Crippen molar-refractivity contribution in [3.8, 4) is 0 Å². The van der Waals surface area contributed by atoms with E-state index in [0.29, 0.717) is 19.7 Å². The van der Waals surface area contributed by atoms with Gasteiger partial charge in [-0.25, -0.2) is 4.79 Å². The van der Waals surface area contributed by atoms with Gasteiger partial charge in [0, 0.05) is 26.1 Å². The minimum absolute atomic E-state index is 0.0329. The van der Waals surface area contributed by atoms with Crippen molar-refractivity contribution < 1.29 is 24.3 Å². The van der Waals surface area contributed by atoms with Crippen LogP contribution in [0.15, 0.2) is 5.16 Å². The van der Waals surface area contributed by atoms with Gasteiger partial charge in [-0.3, -0.25) is 4.79 Å². The molecule has 2 unspecified atom stereocenters. The summed E-state index contributed by atoms with van der Waals surface area (Å²) in [5, 5.41) is 12.2. The van der Waals surface area contributed by atoms with Crippen LogP contribution in [0.25, 0.3) is 0 Å². The average molecular weight is 284 g/mol. The van der Waals surface area contributed by atoms with Crippen molar-refractivity contribution in [2.45, 2.75) is 44.8 Å². The van der Waals surface area contributed by atoms with Crippen LogP contribution in [0, 0.1) is 0 Å². The van der Waals surface area contributed by atoms with E-state index in [1.54, 1.807) is 4.90 Å². The fourth-order valence-electron chi connectivity index (χ4n) is 2.40. The van der Waals surface area contributed by atoms with E-state index >= 15 is 0 Å². The van der Waals surface area contributed by atoms with Crippen LogP contribution >= 0.6 is 0 Å². The number of ether oxygens (including phenoxy) is 1. The van der Waals surface area contributed by atoms with Gasteiger partial charge < -0.3 is 19.6 Å². The van der Waals surface area contributed by atoms with E-state index in [0.717, 1.165) is 19.3 Å². The lowest BCUT2D eigenvalue weighted by Crippen LogP contribution is -2.47. The standard InChI is InChI=1S/C13H20N2O5/c1-2-6-19-9-4-3-5-15(8-9)12(16)11-7-10(13(17)18)14-20-11/h9,11H,2-8H2,1H3,(H,17,18). The number of amides is 1. The molecule has 1 fully saturated rings. The molecule has 0 aromatic rings. The Morgan fingerprint density at radius 1 is 1.55 bits per heavy atom. The minimum Gasteiger partial charge on any atom is -0.477 e. The van der Waals surface area contributed by atoms with Gasteiger partial charge in [0.2, 0.25) is 6.10 Å². The van der Waals surface area contributed by atoms with E-state index < -0.39 is 12.1 Å². The van der Waals surface area contributed by atoms with Crippen LogP contribution in [0.2, 0.25) is 0 Å². The van der Waals surface area contributed by atoms with Gasteiger partial charge in [0.05, 0.1) is 6.10 Å². The first kappa shape index (κ1) is 14.8. The Labute approximate surface area is 117 Å². The lowest BCUT2D eigenvalue weighted by atomic mass is 10.1. The average Bonchev–Trinajstić information content (AvgIpc) is 2.94. The number of hydrogen-bond acceptors (Lipinski definition) is 5. The maximum absolute atomic E-state index is 12.3. The Balaban J connectivity index is 1.85. The number of rotatable bonds is 5. The lowest BCUT2D eigenvalue weighted by Gasteiger charge is -2.33. The predicted molar refractivity (Wildman–Crippen MR) is 70.4 cm³/mol. The van der Waals surface area contributed by atoms with Gasteiger partial charge in [-0.05, 0) is 19.3 Å². The summed E-state index contributed by atoms with van der Waals surface area (Å²) < 4.78 is 5.68. The molecule has 0 aromatic heterocycles. The molecule has 2 atom stereocenters. The maximum atomic E-state index is 12.3. The number of aliphatic carboxylic acids is 1. The van der Waals surface area contributed by atoms with Gasteiger partial charge >= 0.3 is 5.97 Å². The molecule has 1 saturated heterocycles. The third-order valence-electron chi connectivity index (χ3n) is 3.44. The zero-order valence-electron chi connectivity index (χ0n) is 11.6. The number of likely N-dealkylation sites (tertiary alicyclic amines) is 1. The molecule has 7 heteroatoms. The Morgan fingerprint density at radius 2 is 2.35 bits per heavy atom. The van der Waals surface area contributed by atoms with E-state index in [1.807, 2.05) is 6.92 Å². The Hall–Kier alpha value is -1.63. The zero-order valence-corrected chi connectivity index (χ0v) is 11.6. The van der Waals surface area contributed by atoms with Crippen LogP contribution in [0.5, 0.6) is 0 Å². The van der Waals surface area contributed by atoms with Crippen molar-refractivity contribution >= 4 is 17.6 Å². The molecule has 112 valence electrons. The van der Waals surface area contributed by atoms with Gasteiger partial charge in [0.25, 0.3) is 5.91 Å². The highest BCUT2D eigenvalue weighted by Gasteiger charge is 2.36. The van der Waals surface area contributed by atoms with Crippen LogP contribution in [-0.2, 0) is 19.2 Å². The highest BCUT2D eigenvalue weighted by atomic mass is 16.6. The summed E-state index contributed by atoms with van der Waals surface area (Å²) in [7, 11) is 0. The van der Waals surface area contributed by atoms with Crippen LogP contribution < -0.4 is 0 Å². The fourth-order valence-corrected chi connectivity index (χ4v) is 2.40. The topological polar surface area (TPSA) is 88.4 Å². The van der Waals surface area contributed by atoms with Gasteiger partial charge in [-0.1, -0.05) is 12.1 Å². The number of oxime groups is 1. The molecule has 0 aliphatic carbocycles. The molecular weight excluding hydrogens is 264 g/mol. The summed E-state index contributed by atoms with van der Waals surface area (Å²) in [6.45, 7) is 3.94. The molecular formula is C13H20N2O5. The van der Waals surface area contributed by atoms with Crippen LogP contribution in [0.1, 0.15) is 32.6 Å². The van der Waals surface area contributed by atoms with E-state index in [2.05, 4.69) is 5.16 Å². The maximum Gasteiger partial charge on any atom is 0.353 e. The zero-order chi connectivity index (χ0) is 14.5. The van der Waals surface area contributed by atoms with E-state index in [1.165, 1.54) is 0 Å². The lowest BCUT2D eigenvalue weighted by molar-refractivity contribution is -0.146. The number of carboxylic acids is 1. The molecule has 2 rings (SSSR count). The summed E-state index contributed by atoms with van der Waals surface area (Å²) in [4.78, 5) is 29.7. The quantitative estimate of drug-likeness (QED) is 0.800. The SMILES string of the molecule is CCCOC1CCCN(C(=O)C2CC(C(=O)O)=NO2)C1. The van der Waals surface area contributed by atoms with Crippen LogP contribution in [0.4, 0.5) is 0 Å². The second-order valence-corrected chi connectivity index (χ2v) is 5.06. The molecule has 1 amide bonds. The minimum atomic E-state index is -1.14. The Bertz CT molecular complexity index is 410. The highest BCUT2D eigenvalue weighted by Crippen LogP contribution is 2.19. The van der Waals surface area contributed by atoms with Crippen LogP contribution in [0.3, 0.4) is 0 Å². The number of carboxylic acid groups (broad SMARTS) is 1. The fraction of sp³-hybridized carbons (Fsp3) is 0.769. The molecule has 2 aliphatic heterocycles. The second kappa shape index (κ2) is 6.69. The molecule has 7 nitrogen and oxygen atoms in total. The smallest absolute Gasteiger partial charge is 0.353 e. The van der Waals surface area contributed by atoms with Crippen LogP contribution in [-0.4, -0.2) is 59.5 Å². The Morgan fingerprint density at radius 3 is 3.00 bits per heavy atom. The summed E-state index contributed by atoms with van der Waals surface area (Å²) in [5.41, 5.74) is -0.0980. The molecule has 2 heterocycles. The normalized spacial score (nSPS) is 26.1. The molecule has 1 N–H and O–H groups in total. The van der Waals surface area contributed by atoms with Crippen molar-refractivity contribution in [1.82, 2.24) is 4.90 Å². The number of hydrogen-bond donors (Lipinski definition) is 1. The number of piperidine rings is 1. The summed E-state index contributed by atoms with van der Waals surface area (Å²) in [6.07, 6.45) is 2.09. The monoisotopic (exact) mass is 284 g/mol. The van der Waals surface area contributed by atoms with E-state index in [4.69, 9.17) is 14.7 Å². The molecule has 0 spiro atoms.